The highest BCUT2D eigenvalue weighted by Crippen LogP contribution is 2.37. The van der Waals surface area contributed by atoms with Crippen LogP contribution in [0.5, 0.6) is 0 Å². The Morgan fingerprint density at radius 3 is 2.38 bits per heavy atom. The van der Waals surface area contributed by atoms with Gasteiger partial charge in [0.05, 0.1) is 23.6 Å². The first-order valence-electron chi connectivity index (χ1n) is 10.0. The fourth-order valence-electron chi connectivity index (χ4n) is 3.58. The van der Waals surface area contributed by atoms with Gasteiger partial charge < -0.3 is 4.74 Å². The van der Waals surface area contributed by atoms with E-state index < -0.39 is 22.0 Å². The molecule has 0 aliphatic carbocycles. The monoisotopic (exact) mass is 447 g/mol. The molecule has 0 aromatic heterocycles. The zero-order valence-corrected chi connectivity index (χ0v) is 18.7. The lowest BCUT2D eigenvalue weighted by Crippen LogP contribution is -2.37. The number of esters is 1. The van der Waals surface area contributed by atoms with Gasteiger partial charge in [0.1, 0.15) is 0 Å². The van der Waals surface area contributed by atoms with Crippen molar-refractivity contribution in [2.24, 2.45) is 0 Å². The van der Waals surface area contributed by atoms with Crippen molar-refractivity contribution in [3.63, 3.8) is 0 Å². The molecule has 164 valence electrons. The number of methoxy groups -OCH3 is 1. The fourth-order valence-corrected chi connectivity index (χ4v) is 5.15. The van der Waals surface area contributed by atoms with Gasteiger partial charge in [-0.1, -0.05) is 92.0 Å². The molecule has 0 aliphatic heterocycles. The standard InChI is InChI=1S/C26H25NO4S/c1-4-5-11-19-27(32(29,30)22-15-7-6-8-16-22)25(20(2)26(28)31-3)24-18-12-14-21-13-9-10-17-23(21)24/h4-18,25H,1-2,19H2,3H3/b11-5+. The van der Waals surface area contributed by atoms with Crippen LogP contribution in [0.15, 0.2) is 115 Å². The average Bonchev–Trinajstić information content (AvgIpc) is 2.83. The Hall–Kier alpha value is -3.48. The van der Waals surface area contributed by atoms with Gasteiger partial charge in [0.15, 0.2) is 0 Å². The second kappa shape index (κ2) is 10.2. The molecule has 3 aromatic rings. The first-order valence-corrected chi connectivity index (χ1v) is 11.4. The van der Waals surface area contributed by atoms with Crippen molar-refractivity contribution in [3.05, 3.63) is 115 Å². The number of fused-ring (bicyclic) bond motifs is 1. The summed E-state index contributed by atoms with van der Waals surface area (Å²) in [5.74, 6) is -0.677. The molecule has 1 unspecified atom stereocenters. The van der Waals surface area contributed by atoms with Gasteiger partial charge in [0.25, 0.3) is 0 Å². The number of carbonyl (C=O) groups is 1. The van der Waals surface area contributed by atoms with Gasteiger partial charge in [0.2, 0.25) is 10.0 Å². The number of benzene rings is 3. The summed E-state index contributed by atoms with van der Waals surface area (Å²) in [4.78, 5) is 12.7. The minimum absolute atomic E-state index is 0.00709. The summed E-state index contributed by atoms with van der Waals surface area (Å²) in [5.41, 5.74) is 0.667. The summed E-state index contributed by atoms with van der Waals surface area (Å²) >= 11 is 0. The number of allylic oxidation sites excluding steroid dienone is 2. The minimum atomic E-state index is -4.01. The molecule has 0 amide bonds. The summed E-state index contributed by atoms with van der Waals surface area (Å²) in [6.45, 7) is 7.60. The van der Waals surface area contributed by atoms with Gasteiger partial charge in [-0.15, -0.1) is 0 Å². The SMILES string of the molecule is C=C/C=C/CN(C(C(=C)C(=O)OC)c1cccc2ccccc12)S(=O)(=O)c1ccccc1. The van der Waals surface area contributed by atoms with E-state index >= 15 is 0 Å². The summed E-state index contributed by atoms with van der Waals surface area (Å²) in [7, 11) is -2.75. The molecule has 0 heterocycles. The van der Waals surface area contributed by atoms with Crippen LogP contribution in [0.1, 0.15) is 11.6 Å². The minimum Gasteiger partial charge on any atom is -0.466 e. The Balaban J connectivity index is 2.29. The number of rotatable bonds is 9. The largest absolute Gasteiger partial charge is 0.466 e. The van der Waals surface area contributed by atoms with E-state index in [4.69, 9.17) is 4.74 Å². The van der Waals surface area contributed by atoms with Crippen molar-refractivity contribution in [3.8, 4) is 0 Å². The molecule has 0 aliphatic rings. The van der Waals surface area contributed by atoms with Crippen LogP contribution in [-0.4, -0.2) is 32.3 Å². The molecular formula is C26H25NO4S. The zero-order chi connectivity index (χ0) is 23.1. The Bertz CT molecular complexity index is 1260. The maximum atomic E-state index is 13.8. The van der Waals surface area contributed by atoms with E-state index in [2.05, 4.69) is 13.2 Å². The number of nitrogens with zero attached hydrogens (tertiary/aromatic N) is 1. The summed E-state index contributed by atoms with van der Waals surface area (Å²) in [6, 6.07) is 20.3. The van der Waals surface area contributed by atoms with E-state index in [1.165, 1.54) is 23.5 Å². The quantitative estimate of drug-likeness (QED) is 0.262. The predicted molar refractivity (Wildman–Crippen MR) is 128 cm³/mol. The molecule has 0 radical (unpaired) electrons. The number of sulfonamides is 1. The Morgan fingerprint density at radius 1 is 1.03 bits per heavy atom. The molecular weight excluding hydrogens is 422 g/mol. The third-order valence-electron chi connectivity index (χ3n) is 5.09. The van der Waals surface area contributed by atoms with Crippen LogP contribution in [-0.2, 0) is 19.6 Å². The molecule has 3 rings (SSSR count). The van der Waals surface area contributed by atoms with Crippen LogP contribution in [0.4, 0.5) is 0 Å². The highest BCUT2D eigenvalue weighted by Gasteiger charge is 2.36. The lowest BCUT2D eigenvalue weighted by molar-refractivity contribution is -0.136. The van der Waals surface area contributed by atoms with Crippen LogP contribution in [0.3, 0.4) is 0 Å². The first kappa shape index (κ1) is 23.2. The topological polar surface area (TPSA) is 63.7 Å². The van der Waals surface area contributed by atoms with E-state index in [9.17, 15) is 13.2 Å². The van der Waals surface area contributed by atoms with Gasteiger partial charge >= 0.3 is 5.97 Å². The van der Waals surface area contributed by atoms with Crippen LogP contribution in [0, 0.1) is 0 Å². The summed E-state index contributed by atoms with van der Waals surface area (Å²) < 4.78 is 33.7. The van der Waals surface area contributed by atoms with Crippen LogP contribution in [0.2, 0.25) is 0 Å². The van der Waals surface area contributed by atoms with Crippen LogP contribution < -0.4 is 0 Å². The number of ether oxygens (including phenoxy) is 1. The molecule has 5 nitrogen and oxygen atoms in total. The highest BCUT2D eigenvalue weighted by atomic mass is 32.2. The maximum absolute atomic E-state index is 13.8. The van der Waals surface area contributed by atoms with Crippen molar-refractivity contribution in [2.75, 3.05) is 13.7 Å². The van der Waals surface area contributed by atoms with Crippen LogP contribution >= 0.6 is 0 Å². The third kappa shape index (κ3) is 4.72. The Labute approximate surface area is 189 Å². The second-order valence-electron chi connectivity index (χ2n) is 7.04. The Kier molecular flexibility index (Phi) is 7.41. The lowest BCUT2D eigenvalue weighted by atomic mass is 9.94. The summed E-state index contributed by atoms with van der Waals surface area (Å²) in [5, 5.41) is 1.75. The van der Waals surface area contributed by atoms with Crippen molar-refractivity contribution in [1.29, 1.82) is 0 Å². The molecule has 0 fully saturated rings. The van der Waals surface area contributed by atoms with Crippen molar-refractivity contribution in [1.82, 2.24) is 4.31 Å². The molecule has 3 aromatic carbocycles. The molecule has 32 heavy (non-hydrogen) atoms. The van der Waals surface area contributed by atoms with Gasteiger partial charge in [-0.25, -0.2) is 13.2 Å². The molecule has 0 saturated heterocycles. The van der Waals surface area contributed by atoms with E-state index in [-0.39, 0.29) is 17.0 Å². The molecule has 1 atom stereocenters. The molecule has 0 spiro atoms. The smallest absolute Gasteiger partial charge is 0.335 e. The zero-order valence-electron chi connectivity index (χ0n) is 17.8. The fraction of sp³-hybridized carbons (Fsp3) is 0.115. The molecule has 0 saturated carbocycles. The number of hydrogen-bond acceptors (Lipinski definition) is 4. The van der Waals surface area contributed by atoms with Gasteiger partial charge in [0, 0.05) is 6.54 Å². The Morgan fingerprint density at radius 2 is 1.69 bits per heavy atom. The van der Waals surface area contributed by atoms with Crippen molar-refractivity contribution < 1.29 is 17.9 Å². The van der Waals surface area contributed by atoms with E-state index in [1.807, 2.05) is 42.5 Å². The maximum Gasteiger partial charge on any atom is 0.335 e. The normalized spacial score (nSPS) is 12.7. The van der Waals surface area contributed by atoms with Crippen LogP contribution in [0.25, 0.3) is 10.8 Å². The van der Waals surface area contributed by atoms with Gasteiger partial charge in [-0.3, -0.25) is 0 Å². The van der Waals surface area contributed by atoms with Gasteiger partial charge in [-0.2, -0.15) is 4.31 Å². The number of hydrogen-bond donors (Lipinski definition) is 0. The highest BCUT2D eigenvalue weighted by molar-refractivity contribution is 7.89. The molecule has 0 N–H and O–H groups in total. The van der Waals surface area contributed by atoms with E-state index in [1.54, 1.807) is 36.4 Å². The first-order chi connectivity index (χ1) is 15.4. The average molecular weight is 448 g/mol. The predicted octanol–water partition coefficient (Wildman–Crippen LogP) is 5.04. The van der Waals surface area contributed by atoms with Crippen molar-refractivity contribution in [2.45, 2.75) is 10.9 Å². The third-order valence-corrected chi connectivity index (χ3v) is 6.94. The number of carbonyl (C=O) groups excluding carboxylic acids is 1. The van der Waals surface area contributed by atoms with E-state index in [0.717, 1.165) is 10.8 Å². The molecule has 6 heteroatoms. The van der Waals surface area contributed by atoms with Gasteiger partial charge in [-0.05, 0) is 28.5 Å². The second-order valence-corrected chi connectivity index (χ2v) is 8.93. The van der Waals surface area contributed by atoms with Crippen molar-refractivity contribution >= 4 is 26.8 Å². The lowest BCUT2D eigenvalue weighted by Gasteiger charge is -2.32. The van der Waals surface area contributed by atoms with E-state index in [0.29, 0.717) is 5.56 Å². The molecule has 0 bridgehead atoms. The summed E-state index contributed by atoms with van der Waals surface area (Å²) in [6.07, 6.45) is 4.90.